The maximum atomic E-state index is 12.2. The minimum atomic E-state index is -3.50. The molecule has 2 heterocycles. The first-order valence-electron chi connectivity index (χ1n) is 6.65. The molecule has 0 amide bonds. The van der Waals surface area contributed by atoms with Crippen molar-refractivity contribution in [2.75, 3.05) is 13.1 Å². The van der Waals surface area contributed by atoms with Gasteiger partial charge in [-0.3, -0.25) is 0 Å². The number of rotatable bonds is 8. The van der Waals surface area contributed by atoms with E-state index < -0.39 is 10.0 Å². The smallest absolute Gasteiger partial charge is 0.250 e. The minimum Gasteiger partial charge on any atom is -0.320 e. The molecule has 0 aliphatic carbocycles. The van der Waals surface area contributed by atoms with Crippen LogP contribution in [0.4, 0.5) is 0 Å². The fourth-order valence-electron chi connectivity index (χ4n) is 1.72. The molecule has 0 aliphatic rings. The second-order valence-corrected chi connectivity index (χ2v) is 7.67. The maximum Gasteiger partial charge on any atom is 0.250 e. The van der Waals surface area contributed by atoms with E-state index in [9.17, 15) is 8.42 Å². The highest BCUT2D eigenvalue weighted by Crippen LogP contribution is 2.21. The van der Waals surface area contributed by atoms with Gasteiger partial charge in [-0.2, -0.15) is 0 Å². The summed E-state index contributed by atoms with van der Waals surface area (Å²) in [6.45, 7) is 3.93. The summed E-state index contributed by atoms with van der Waals surface area (Å²) >= 11 is 1.30. The zero-order valence-corrected chi connectivity index (χ0v) is 13.7. The molecule has 116 valence electrons. The molecule has 9 heteroatoms. The van der Waals surface area contributed by atoms with Crippen LogP contribution in [0.2, 0.25) is 0 Å². The highest BCUT2D eigenvalue weighted by atomic mass is 32.2. The van der Waals surface area contributed by atoms with Gasteiger partial charge in [-0.25, -0.2) is 13.1 Å². The van der Waals surface area contributed by atoms with Crippen LogP contribution in [0.15, 0.2) is 22.7 Å². The van der Waals surface area contributed by atoms with Gasteiger partial charge in [0.2, 0.25) is 10.0 Å². The van der Waals surface area contributed by atoms with Crippen molar-refractivity contribution < 1.29 is 8.42 Å². The van der Waals surface area contributed by atoms with E-state index in [0.717, 1.165) is 24.4 Å². The Balaban J connectivity index is 1.97. The molecular formula is C12H19N5O2S2. The standard InChI is InChI=1S/C12H19N5O2S2/c1-3-13-7-6-10-4-5-12(20-10)21(18,19)15-8-11-16-14-9-17(11)2/h4-5,9,13,15H,3,6-8H2,1-2H3. The van der Waals surface area contributed by atoms with Crippen molar-refractivity contribution in [3.05, 3.63) is 29.2 Å². The Kier molecular flexibility index (Phi) is 5.45. The predicted octanol–water partition coefficient (Wildman–Crippen LogP) is 0.507. The van der Waals surface area contributed by atoms with E-state index in [1.54, 1.807) is 17.7 Å². The quantitative estimate of drug-likeness (QED) is 0.689. The van der Waals surface area contributed by atoms with Crippen molar-refractivity contribution in [3.63, 3.8) is 0 Å². The van der Waals surface area contributed by atoms with E-state index in [1.807, 2.05) is 13.0 Å². The molecule has 0 aliphatic heterocycles. The molecular weight excluding hydrogens is 310 g/mol. The number of nitrogens with zero attached hydrogens (tertiary/aromatic N) is 3. The molecule has 0 radical (unpaired) electrons. The zero-order chi connectivity index (χ0) is 15.3. The lowest BCUT2D eigenvalue weighted by Crippen LogP contribution is -2.24. The second-order valence-electron chi connectivity index (χ2n) is 4.51. The first-order chi connectivity index (χ1) is 10.0. The molecule has 2 N–H and O–H groups in total. The van der Waals surface area contributed by atoms with Crippen molar-refractivity contribution in [1.29, 1.82) is 0 Å². The van der Waals surface area contributed by atoms with E-state index in [1.165, 1.54) is 17.7 Å². The van der Waals surface area contributed by atoms with Gasteiger partial charge in [0, 0.05) is 11.9 Å². The van der Waals surface area contributed by atoms with Gasteiger partial charge < -0.3 is 9.88 Å². The van der Waals surface area contributed by atoms with Crippen LogP contribution in [-0.2, 0) is 30.0 Å². The van der Waals surface area contributed by atoms with Gasteiger partial charge in [0.15, 0.2) is 0 Å². The number of sulfonamides is 1. The number of hydrogen-bond acceptors (Lipinski definition) is 6. The van der Waals surface area contributed by atoms with Gasteiger partial charge in [-0.1, -0.05) is 6.92 Å². The monoisotopic (exact) mass is 329 g/mol. The third kappa shape index (κ3) is 4.34. The fourth-order valence-corrected chi connectivity index (χ4v) is 4.10. The van der Waals surface area contributed by atoms with Gasteiger partial charge in [0.25, 0.3) is 0 Å². The lowest BCUT2D eigenvalue weighted by Gasteiger charge is -2.04. The summed E-state index contributed by atoms with van der Waals surface area (Å²) in [6, 6.07) is 3.50. The molecule has 2 aromatic rings. The molecule has 0 aromatic carbocycles. The van der Waals surface area contributed by atoms with Crippen LogP contribution in [-0.4, -0.2) is 36.3 Å². The van der Waals surface area contributed by atoms with E-state index in [4.69, 9.17) is 0 Å². The molecule has 2 aromatic heterocycles. The van der Waals surface area contributed by atoms with Crippen LogP contribution in [0.1, 0.15) is 17.6 Å². The third-order valence-electron chi connectivity index (χ3n) is 2.93. The molecule has 21 heavy (non-hydrogen) atoms. The van der Waals surface area contributed by atoms with Crippen LogP contribution in [0.5, 0.6) is 0 Å². The van der Waals surface area contributed by atoms with Crippen molar-refractivity contribution in [1.82, 2.24) is 24.8 Å². The minimum absolute atomic E-state index is 0.128. The average Bonchev–Trinajstić information content (AvgIpc) is 3.06. The van der Waals surface area contributed by atoms with Crippen LogP contribution in [0.25, 0.3) is 0 Å². The molecule has 0 atom stereocenters. The molecule has 0 spiro atoms. The van der Waals surface area contributed by atoms with Gasteiger partial charge in [-0.05, 0) is 31.6 Å². The first-order valence-corrected chi connectivity index (χ1v) is 8.95. The number of hydrogen-bond donors (Lipinski definition) is 2. The Labute approximate surface area is 128 Å². The van der Waals surface area contributed by atoms with Gasteiger partial charge in [0.05, 0.1) is 6.54 Å². The summed E-state index contributed by atoms with van der Waals surface area (Å²) in [5.74, 6) is 0.572. The molecule has 0 unspecified atom stereocenters. The van der Waals surface area contributed by atoms with Gasteiger partial charge in [-0.15, -0.1) is 21.5 Å². The highest BCUT2D eigenvalue weighted by Gasteiger charge is 2.17. The SMILES string of the molecule is CCNCCc1ccc(S(=O)(=O)NCc2nncn2C)s1. The summed E-state index contributed by atoms with van der Waals surface area (Å²) in [7, 11) is -1.72. The maximum absolute atomic E-state index is 12.2. The summed E-state index contributed by atoms with van der Waals surface area (Å²) in [6.07, 6.45) is 2.37. The van der Waals surface area contributed by atoms with Gasteiger partial charge in [0.1, 0.15) is 16.4 Å². The topological polar surface area (TPSA) is 88.9 Å². The van der Waals surface area contributed by atoms with Crippen molar-refractivity contribution in [2.24, 2.45) is 7.05 Å². The fraction of sp³-hybridized carbons (Fsp3) is 0.500. The number of thiophene rings is 1. The van der Waals surface area contributed by atoms with E-state index in [-0.39, 0.29) is 6.54 Å². The molecule has 0 saturated heterocycles. The zero-order valence-electron chi connectivity index (χ0n) is 12.0. The number of nitrogens with one attached hydrogen (secondary N) is 2. The molecule has 7 nitrogen and oxygen atoms in total. The van der Waals surface area contributed by atoms with Crippen molar-refractivity contribution in [2.45, 2.75) is 24.1 Å². The Morgan fingerprint density at radius 2 is 2.19 bits per heavy atom. The summed E-state index contributed by atoms with van der Waals surface area (Å²) in [5.41, 5.74) is 0. The predicted molar refractivity (Wildman–Crippen MR) is 81.6 cm³/mol. The lowest BCUT2D eigenvalue weighted by molar-refractivity contribution is 0.579. The summed E-state index contributed by atoms with van der Waals surface area (Å²) < 4.78 is 29.0. The number of aromatic nitrogens is 3. The van der Waals surface area contributed by atoms with Crippen LogP contribution in [0, 0.1) is 0 Å². The van der Waals surface area contributed by atoms with Crippen molar-refractivity contribution in [3.8, 4) is 0 Å². The van der Waals surface area contributed by atoms with Crippen LogP contribution >= 0.6 is 11.3 Å². The van der Waals surface area contributed by atoms with E-state index in [2.05, 4.69) is 20.2 Å². The molecule has 2 rings (SSSR count). The Morgan fingerprint density at radius 3 is 2.86 bits per heavy atom. The highest BCUT2D eigenvalue weighted by molar-refractivity contribution is 7.91. The van der Waals surface area contributed by atoms with E-state index >= 15 is 0 Å². The molecule has 0 fully saturated rings. The summed E-state index contributed by atoms with van der Waals surface area (Å²) in [4.78, 5) is 1.05. The van der Waals surface area contributed by atoms with E-state index in [0.29, 0.717) is 10.0 Å². The van der Waals surface area contributed by atoms with Crippen LogP contribution < -0.4 is 10.0 Å². The Morgan fingerprint density at radius 1 is 1.38 bits per heavy atom. The molecule has 0 saturated carbocycles. The third-order valence-corrected chi connectivity index (χ3v) is 5.96. The first kappa shape index (κ1) is 16.1. The Hall–Kier alpha value is -1.29. The lowest BCUT2D eigenvalue weighted by atomic mass is 10.3. The van der Waals surface area contributed by atoms with Crippen LogP contribution in [0.3, 0.4) is 0 Å². The number of aryl methyl sites for hydroxylation is 1. The van der Waals surface area contributed by atoms with Crippen molar-refractivity contribution >= 4 is 21.4 Å². The molecule has 0 bridgehead atoms. The average molecular weight is 329 g/mol. The normalized spacial score (nSPS) is 11.9. The summed E-state index contributed by atoms with van der Waals surface area (Å²) in [5, 5.41) is 10.8. The Bertz CT molecular complexity index is 677. The largest absolute Gasteiger partial charge is 0.320 e. The number of likely N-dealkylation sites (N-methyl/N-ethyl adjacent to an activating group) is 1. The second kappa shape index (κ2) is 7.12. The van der Waals surface area contributed by atoms with Gasteiger partial charge >= 0.3 is 0 Å².